The van der Waals surface area contributed by atoms with Gasteiger partial charge in [0.15, 0.2) is 0 Å². The van der Waals surface area contributed by atoms with Gasteiger partial charge in [-0.25, -0.2) is 0 Å². The molecule has 94 valence electrons. The second kappa shape index (κ2) is 7.03. The maximum Gasteiger partial charge on any atom is 0.255 e. The van der Waals surface area contributed by atoms with Gasteiger partial charge in [-0.05, 0) is 25.1 Å². The predicted molar refractivity (Wildman–Crippen MR) is 74.8 cm³/mol. The molecule has 0 heterocycles. The molecule has 0 atom stereocenters. The summed E-state index contributed by atoms with van der Waals surface area (Å²) < 4.78 is 5.90. The minimum absolute atomic E-state index is 0.0120. The number of hydrogen-bond acceptors (Lipinski definition) is 3. The molecule has 17 heavy (non-hydrogen) atoms. The highest BCUT2D eigenvalue weighted by Gasteiger charge is 2.16. The van der Waals surface area contributed by atoms with Crippen LogP contribution in [0.25, 0.3) is 0 Å². The van der Waals surface area contributed by atoms with Gasteiger partial charge < -0.3 is 9.64 Å². The van der Waals surface area contributed by atoms with Gasteiger partial charge in [0.25, 0.3) is 5.91 Å². The number of halogens is 1. The maximum atomic E-state index is 12.2. The fraction of sp³-hybridized carbons (Fsp3) is 0.417. The van der Waals surface area contributed by atoms with E-state index >= 15 is 0 Å². The summed E-state index contributed by atoms with van der Waals surface area (Å²) in [6.07, 6.45) is 0. The monoisotopic (exact) mass is 317 g/mol. The summed E-state index contributed by atoms with van der Waals surface area (Å²) in [5, 5.41) is 0. The average Bonchev–Trinajstić information content (AvgIpc) is 2.29. The number of carbonyl (C=O) groups excluding carboxylic acids is 1. The van der Waals surface area contributed by atoms with Crippen molar-refractivity contribution in [3.05, 3.63) is 28.2 Å². The summed E-state index contributed by atoms with van der Waals surface area (Å²) in [5.74, 6) is -0.0120. The lowest BCUT2D eigenvalue weighted by Crippen LogP contribution is -2.33. The Balaban J connectivity index is 2.86. The average molecular weight is 318 g/mol. The van der Waals surface area contributed by atoms with Crippen molar-refractivity contribution in [2.75, 3.05) is 26.8 Å². The van der Waals surface area contributed by atoms with Crippen molar-refractivity contribution < 1.29 is 9.53 Å². The summed E-state index contributed by atoms with van der Waals surface area (Å²) in [4.78, 5) is 14.6. The second-order valence-electron chi connectivity index (χ2n) is 3.54. The van der Waals surface area contributed by atoms with Crippen LogP contribution in [0.4, 0.5) is 0 Å². The molecule has 3 nitrogen and oxygen atoms in total. The molecular formula is C12H16BrNO2S. The molecule has 0 saturated carbocycles. The fourth-order valence-electron chi connectivity index (χ4n) is 1.46. The van der Waals surface area contributed by atoms with E-state index in [-0.39, 0.29) is 5.91 Å². The Hall–Kier alpha value is -0.520. The molecule has 1 rings (SSSR count). The Kier molecular flexibility index (Phi) is 6.02. The largest absolute Gasteiger partial charge is 0.383 e. The fourth-order valence-corrected chi connectivity index (χ4v) is 2.31. The Bertz CT molecular complexity index is 398. The van der Waals surface area contributed by atoms with Gasteiger partial charge >= 0.3 is 0 Å². The van der Waals surface area contributed by atoms with Crippen molar-refractivity contribution in [3.8, 4) is 0 Å². The molecular weight excluding hydrogens is 302 g/mol. The molecule has 1 aromatic rings. The topological polar surface area (TPSA) is 29.5 Å². The zero-order chi connectivity index (χ0) is 12.8. The van der Waals surface area contributed by atoms with Gasteiger partial charge in [0.05, 0.1) is 12.2 Å². The van der Waals surface area contributed by atoms with Gasteiger partial charge in [-0.1, -0.05) is 15.9 Å². The van der Waals surface area contributed by atoms with Gasteiger partial charge in [-0.15, -0.1) is 12.6 Å². The first-order valence-corrected chi connectivity index (χ1v) is 6.61. The van der Waals surface area contributed by atoms with Crippen molar-refractivity contribution in [1.82, 2.24) is 4.90 Å². The molecule has 0 aliphatic heterocycles. The lowest BCUT2D eigenvalue weighted by atomic mass is 10.2. The Labute approximate surface area is 116 Å². The third kappa shape index (κ3) is 4.01. The number of likely N-dealkylation sites (N-methyl/N-ethyl adjacent to an activating group) is 1. The molecule has 0 aliphatic carbocycles. The molecule has 0 saturated heterocycles. The van der Waals surface area contributed by atoms with E-state index in [1.54, 1.807) is 18.1 Å². The molecule has 5 heteroatoms. The number of nitrogens with zero attached hydrogens (tertiary/aromatic N) is 1. The van der Waals surface area contributed by atoms with Crippen molar-refractivity contribution in [2.45, 2.75) is 11.8 Å². The van der Waals surface area contributed by atoms with E-state index in [1.807, 2.05) is 19.1 Å². The molecule has 1 aromatic carbocycles. The van der Waals surface area contributed by atoms with Crippen LogP contribution in [0.5, 0.6) is 0 Å². The van der Waals surface area contributed by atoms with Crippen LogP contribution in [0, 0.1) is 0 Å². The molecule has 0 N–H and O–H groups in total. The standard InChI is InChI=1S/C12H16BrNO2S/c1-3-14(6-7-16-2)12(15)10-5-4-9(13)8-11(10)17/h4-5,8,17H,3,6-7H2,1-2H3. The van der Waals surface area contributed by atoms with Crippen LogP contribution < -0.4 is 0 Å². The van der Waals surface area contributed by atoms with Gasteiger partial charge in [-0.3, -0.25) is 4.79 Å². The number of hydrogen-bond donors (Lipinski definition) is 1. The van der Waals surface area contributed by atoms with E-state index in [2.05, 4.69) is 28.6 Å². The molecule has 0 spiro atoms. The first kappa shape index (κ1) is 14.5. The van der Waals surface area contributed by atoms with Gasteiger partial charge in [0, 0.05) is 29.6 Å². The lowest BCUT2D eigenvalue weighted by Gasteiger charge is -2.21. The van der Waals surface area contributed by atoms with Crippen LogP contribution in [-0.4, -0.2) is 37.6 Å². The number of methoxy groups -OCH3 is 1. The van der Waals surface area contributed by atoms with Crippen LogP contribution in [0.15, 0.2) is 27.6 Å². The van der Waals surface area contributed by atoms with Crippen LogP contribution in [0.3, 0.4) is 0 Å². The Morgan fingerprint density at radius 2 is 2.24 bits per heavy atom. The summed E-state index contributed by atoms with van der Waals surface area (Å²) >= 11 is 7.67. The number of amides is 1. The zero-order valence-corrected chi connectivity index (χ0v) is 12.4. The minimum Gasteiger partial charge on any atom is -0.383 e. The Morgan fingerprint density at radius 1 is 1.53 bits per heavy atom. The highest BCUT2D eigenvalue weighted by atomic mass is 79.9. The summed E-state index contributed by atoms with van der Waals surface area (Å²) in [6.45, 7) is 3.74. The molecule has 0 aromatic heterocycles. The van der Waals surface area contributed by atoms with E-state index in [9.17, 15) is 4.79 Å². The molecule has 0 bridgehead atoms. The number of ether oxygens (including phenoxy) is 1. The molecule has 0 fully saturated rings. The van der Waals surface area contributed by atoms with Crippen molar-refractivity contribution in [1.29, 1.82) is 0 Å². The summed E-state index contributed by atoms with van der Waals surface area (Å²) in [7, 11) is 1.63. The first-order chi connectivity index (χ1) is 8.10. The predicted octanol–water partition coefficient (Wildman–Crippen LogP) is 2.85. The number of thiol groups is 1. The highest BCUT2D eigenvalue weighted by Crippen LogP contribution is 2.21. The van der Waals surface area contributed by atoms with Gasteiger partial charge in [0.1, 0.15) is 0 Å². The quantitative estimate of drug-likeness (QED) is 0.846. The maximum absolute atomic E-state index is 12.2. The van der Waals surface area contributed by atoms with Crippen molar-refractivity contribution >= 4 is 34.5 Å². The third-order valence-corrected chi connectivity index (χ3v) is 3.29. The Morgan fingerprint density at radius 3 is 2.76 bits per heavy atom. The lowest BCUT2D eigenvalue weighted by molar-refractivity contribution is 0.0703. The third-order valence-electron chi connectivity index (χ3n) is 2.42. The van der Waals surface area contributed by atoms with E-state index in [0.717, 1.165) is 4.47 Å². The SMILES string of the molecule is CCN(CCOC)C(=O)c1ccc(Br)cc1S. The smallest absolute Gasteiger partial charge is 0.255 e. The molecule has 0 unspecified atom stereocenters. The molecule has 0 aliphatic rings. The highest BCUT2D eigenvalue weighted by molar-refractivity contribution is 9.10. The van der Waals surface area contributed by atoms with Crippen molar-refractivity contribution in [3.63, 3.8) is 0 Å². The number of rotatable bonds is 5. The van der Waals surface area contributed by atoms with E-state index in [0.29, 0.717) is 30.2 Å². The zero-order valence-electron chi connectivity index (χ0n) is 9.94. The summed E-state index contributed by atoms with van der Waals surface area (Å²) in [6, 6.07) is 5.45. The van der Waals surface area contributed by atoms with Gasteiger partial charge in [-0.2, -0.15) is 0 Å². The number of benzene rings is 1. The summed E-state index contributed by atoms with van der Waals surface area (Å²) in [5.41, 5.74) is 0.620. The number of carbonyl (C=O) groups is 1. The minimum atomic E-state index is -0.0120. The molecule has 1 amide bonds. The van der Waals surface area contributed by atoms with E-state index < -0.39 is 0 Å². The van der Waals surface area contributed by atoms with Crippen LogP contribution >= 0.6 is 28.6 Å². The van der Waals surface area contributed by atoms with Crippen LogP contribution in [-0.2, 0) is 4.74 Å². The van der Waals surface area contributed by atoms with E-state index in [4.69, 9.17) is 4.74 Å². The van der Waals surface area contributed by atoms with E-state index in [1.165, 1.54) is 0 Å². The molecule has 0 radical (unpaired) electrons. The second-order valence-corrected chi connectivity index (χ2v) is 4.94. The van der Waals surface area contributed by atoms with Crippen LogP contribution in [0.1, 0.15) is 17.3 Å². The first-order valence-electron chi connectivity index (χ1n) is 5.36. The van der Waals surface area contributed by atoms with Gasteiger partial charge in [0.2, 0.25) is 0 Å². The van der Waals surface area contributed by atoms with Crippen LogP contribution in [0.2, 0.25) is 0 Å². The normalized spacial score (nSPS) is 10.4. The van der Waals surface area contributed by atoms with Crippen molar-refractivity contribution in [2.24, 2.45) is 0 Å².